The minimum Gasteiger partial charge on any atom is -0.357 e. The van der Waals surface area contributed by atoms with Gasteiger partial charge >= 0.3 is 0 Å². The van der Waals surface area contributed by atoms with Crippen LogP contribution < -0.4 is 10.6 Å². The predicted molar refractivity (Wildman–Crippen MR) is 74.8 cm³/mol. The molecule has 17 heavy (non-hydrogen) atoms. The van der Waals surface area contributed by atoms with Crippen LogP contribution in [-0.2, 0) is 6.42 Å². The zero-order valence-corrected chi connectivity index (χ0v) is 11.2. The Kier molecular flexibility index (Phi) is 6.48. The number of benzene rings is 1. The molecule has 0 atom stereocenters. The van der Waals surface area contributed by atoms with E-state index in [0.717, 1.165) is 37.0 Å². The molecule has 2 N–H and O–H groups in total. The molecular formula is C13H20ClN3. The van der Waals surface area contributed by atoms with Crippen molar-refractivity contribution in [3.8, 4) is 0 Å². The predicted octanol–water partition coefficient (Wildman–Crippen LogP) is 2.46. The molecule has 3 nitrogen and oxygen atoms in total. The van der Waals surface area contributed by atoms with Crippen LogP contribution in [0, 0.1) is 0 Å². The Labute approximate surface area is 108 Å². The molecule has 0 aliphatic heterocycles. The summed E-state index contributed by atoms with van der Waals surface area (Å²) in [5.41, 5.74) is 1.26. The third-order valence-electron chi connectivity index (χ3n) is 2.27. The van der Waals surface area contributed by atoms with Gasteiger partial charge in [0.1, 0.15) is 0 Å². The molecule has 0 bridgehead atoms. The lowest BCUT2D eigenvalue weighted by molar-refractivity contribution is 0.833. The third-order valence-corrected chi connectivity index (χ3v) is 2.52. The van der Waals surface area contributed by atoms with E-state index in [2.05, 4.69) is 29.5 Å². The van der Waals surface area contributed by atoms with Crippen molar-refractivity contribution in [2.24, 2.45) is 4.99 Å². The van der Waals surface area contributed by atoms with Crippen molar-refractivity contribution in [3.05, 3.63) is 34.9 Å². The molecule has 0 aliphatic carbocycles. The van der Waals surface area contributed by atoms with Crippen LogP contribution in [0.4, 0.5) is 0 Å². The fourth-order valence-corrected chi connectivity index (χ4v) is 1.58. The first kappa shape index (κ1) is 13.8. The van der Waals surface area contributed by atoms with Crippen LogP contribution in [-0.4, -0.2) is 25.6 Å². The van der Waals surface area contributed by atoms with E-state index in [0.29, 0.717) is 0 Å². The molecule has 0 aliphatic rings. The summed E-state index contributed by atoms with van der Waals surface area (Å²) < 4.78 is 0. The lowest BCUT2D eigenvalue weighted by Gasteiger charge is -2.08. The number of hydrogen-bond acceptors (Lipinski definition) is 1. The Morgan fingerprint density at radius 2 is 1.71 bits per heavy atom. The fourth-order valence-electron chi connectivity index (χ4n) is 1.46. The molecule has 0 aromatic heterocycles. The first-order valence-corrected chi connectivity index (χ1v) is 6.40. The van der Waals surface area contributed by atoms with Crippen LogP contribution in [0.2, 0.25) is 5.02 Å². The summed E-state index contributed by atoms with van der Waals surface area (Å²) in [5, 5.41) is 7.17. The van der Waals surface area contributed by atoms with Gasteiger partial charge in [0.15, 0.2) is 5.96 Å². The molecule has 0 saturated carbocycles. The molecule has 0 radical (unpaired) electrons. The SMILES string of the molecule is CCNC(=NCCc1ccc(Cl)cc1)NCC. The molecular weight excluding hydrogens is 234 g/mol. The van der Waals surface area contributed by atoms with Crippen LogP contribution in [0.1, 0.15) is 19.4 Å². The molecule has 94 valence electrons. The fraction of sp³-hybridized carbons (Fsp3) is 0.462. The quantitative estimate of drug-likeness (QED) is 0.625. The van der Waals surface area contributed by atoms with Gasteiger partial charge in [-0.15, -0.1) is 0 Å². The van der Waals surface area contributed by atoms with Gasteiger partial charge in [-0.1, -0.05) is 23.7 Å². The number of rotatable bonds is 5. The van der Waals surface area contributed by atoms with E-state index in [9.17, 15) is 0 Å². The number of hydrogen-bond donors (Lipinski definition) is 2. The minimum atomic E-state index is 0.775. The summed E-state index contributed by atoms with van der Waals surface area (Å²) >= 11 is 5.83. The monoisotopic (exact) mass is 253 g/mol. The van der Waals surface area contributed by atoms with E-state index in [4.69, 9.17) is 11.6 Å². The third kappa shape index (κ3) is 5.59. The standard InChI is InChI=1S/C13H20ClN3/c1-3-15-13(16-4-2)17-10-9-11-5-7-12(14)8-6-11/h5-8H,3-4,9-10H2,1-2H3,(H2,15,16,17). The van der Waals surface area contributed by atoms with Gasteiger partial charge in [-0.2, -0.15) is 0 Å². The number of guanidine groups is 1. The normalized spacial score (nSPS) is 9.82. The highest BCUT2D eigenvalue weighted by Gasteiger charge is 1.95. The van der Waals surface area contributed by atoms with Gasteiger partial charge in [0.25, 0.3) is 0 Å². The summed E-state index contributed by atoms with van der Waals surface area (Å²) in [7, 11) is 0. The number of halogens is 1. The molecule has 0 fully saturated rings. The molecule has 0 amide bonds. The summed E-state index contributed by atoms with van der Waals surface area (Å²) in [5.74, 6) is 0.879. The van der Waals surface area contributed by atoms with Crippen LogP contribution in [0.5, 0.6) is 0 Å². The molecule has 1 aromatic carbocycles. The highest BCUT2D eigenvalue weighted by Crippen LogP contribution is 2.09. The molecule has 1 aromatic rings. The number of nitrogens with one attached hydrogen (secondary N) is 2. The second kappa shape index (κ2) is 7.96. The summed E-state index contributed by atoms with van der Waals surface area (Å²) in [6, 6.07) is 7.91. The smallest absolute Gasteiger partial charge is 0.191 e. The van der Waals surface area contributed by atoms with Crippen molar-refractivity contribution in [2.75, 3.05) is 19.6 Å². The maximum Gasteiger partial charge on any atom is 0.191 e. The lowest BCUT2D eigenvalue weighted by Crippen LogP contribution is -2.37. The topological polar surface area (TPSA) is 36.4 Å². The van der Waals surface area contributed by atoms with E-state index in [1.165, 1.54) is 5.56 Å². The summed E-state index contributed by atoms with van der Waals surface area (Å²) in [4.78, 5) is 4.48. The molecule has 0 saturated heterocycles. The number of nitrogens with zero attached hydrogens (tertiary/aromatic N) is 1. The van der Waals surface area contributed by atoms with Crippen LogP contribution in [0.3, 0.4) is 0 Å². The Morgan fingerprint density at radius 3 is 2.24 bits per heavy atom. The minimum absolute atomic E-state index is 0.775. The lowest BCUT2D eigenvalue weighted by atomic mass is 10.1. The molecule has 0 spiro atoms. The van der Waals surface area contributed by atoms with Crippen LogP contribution in [0.15, 0.2) is 29.3 Å². The van der Waals surface area contributed by atoms with Crippen LogP contribution >= 0.6 is 11.6 Å². The second-order valence-electron chi connectivity index (χ2n) is 3.67. The van der Waals surface area contributed by atoms with E-state index < -0.39 is 0 Å². The van der Waals surface area contributed by atoms with Gasteiger partial charge in [0, 0.05) is 24.7 Å². The zero-order chi connectivity index (χ0) is 12.5. The van der Waals surface area contributed by atoms with E-state index in [1.807, 2.05) is 24.3 Å². The summed E-state index contributed by atoms with van der Waals surface area (Å²) in [6.07, 6.45) is 0.928. The van der Waals surface area contributed by atoms with Crippen molar-refractivity contribution in [2.45, 2.75) is 20.3 Å². The molecule has 0 heterocycles. The van der Waals surface area contributed by atoms with Crippen molar-refractivity contribution in [1.29, 1.82) is 0 Å². The Balaban J connectivity index is 2.43. The molecule has 1 rings (SSSR count). The van der Waals surface area contributed by atoms with Crippen LogP contribution in [0.25, 0.3) is 0 Å². The van der Waals surface area contributed by atoms with E-state index in [-0.39, 0.29) is 0 Å². The second-order valence-corrected chi connectivity index (χ2v) is 4.10. The Morgan fingerprint density at radius 1 is 1.12 bits per heavy atom. The molecule has 4 heteroatoms. The van der Waals surface area contributed by atoms with Gasteiger partial charge in [0.2, 0.25) is 0 Å². The van der Waals surface area contributed by atoms with E-state index in [1.54, 1.807) is 0 Å². The maximum absolute atomic E-state index is 5.83. The highest BCUT2D eigenvalue weighted by molar-refractivity contribution is 6.30. The Hall–Kier alpha value is -1.22. The van der Waals surface area contributed by atoms with Crippen molar-refractivity contribution >= 4 is 17.6 Å². The van der Waals surface area contributed by atoms with Gasteiger partial charge in [-0.3, -0.25) is 4.99 Å². The van der Waals surface area contributed by atoms with Gasteiger partial charge in [0.05, 0.1) is 0 Å². The van der Waals surface area contributed by atoms with Crippen molar-refractivity contribution in [1.82, 2.24) is 10.6 Å². The Bertz CT molecular complexity index is 338. The van der Waals surface area contributed by atoms with Crippen molar-refractivity contribution < 1.29 is 0 Å². The largest absolute Gasteiger partial charge is 0.357 e. The number of aliphatic imine (C=N–C) groups is 1. The van der Waals surface area contributed by atoms with E-state index >= 15 is 0 Å². The average Bonchev–Trinajstić information content (AvgIpc) is 2.32. The van der Waals surface area contributed by atoms with Gasteiger partial charge in [-0.05, 0) is 38.0 Å². The highest BCUT2D eigenvalue weighted by atomic mass is 35.5. The maximum atomic E-state index is 5.83. The molecule has 0 unspecified atom stereocenters. The zero-order valence-electron chi connectivity index (χ0n) is 10.5. The van der Waals surface area contributed by atoms with Gasteiger partial charge < -0.3 is 10.6 Å². The summed E-state index contributed by atoms with van der Waals surface area (Å²) in [6.45, 7) is 6.66. The first-order valence-electron chi connectivity index (χ1n) is 6.03. The van der Waals surface area contributed by atoms with Gasteiger partial charge in [-0.25, -0.2) is 0 Å². The van der Waals surface area contributed by atoms with Crippen molar-refractivity contribution in [3.63, 3.8) is 0 Å². The average molecular weight is 254 g/mol. The first-order chi connectivity index (χ1) is 8.26.